The number of aromatic hydroxyl groups is 2. The van der Waals surface area contributed by atoms with Gasteiger partial charge >= 0.3 is 0 Å². The van der Waals surface area contributed by atoms with Crippen LogP contribution in [0.15, 0.2) is 72.8 Å². The van der Waals surface area contributed by atoms with E-state index in [1.54, 1.807) is 24.3 Å². The lowest BCUT2D eigenvalue weighted by Crippen LogP contribution is -1.82. The molecule has 0 aliphatic heterocycles. The predicted octanol–water partition coefficient (Wildman–Crippen LogP) is 4.43. The molecule has 3 rings (SSSR count). The Morgan fingerprint density at radius 1 is 0.550 bits per heavy atom. The van der Waals surface area contributed by atoms with E-state index in [4.69, 9.17) is 0 Å². The van der Waals surface area contributed by atoms with Crippen molar-refractivity contribution in [1.29, 1.82) is 0 Å². The summed E-state index contributed by atoms with van der Waals surface area (Å²) < 4.78 is 0. The molecule has 0 saturated heterocycles. The summed E-state index contributed by atoms with van der Waals surface area (Å²) in [7, 11) is 0. The Kier molecular flexibility index (Phi) is 3.13. The zero-order valence-electron chi connectivity index (χ0n) is 10.8. The normalized spacial score (nSPS) is 10.4. The molecule has 0 atom stereocenters. The van der Waals surface area contributed by atoms with Crippen molar-refractivity contribution < 1.29 is 10.2 Å². The van der Waals surface area contributed by atoms with Crippen molar-refractivity contribution in [3.8, 4) is 33.8 Å². The molecule has 0 aliphatic rings. The molecule has 0 spiro atoms. The third-order valence-corrected chi connectivity index (χ3v) is 3.26. The highest BCUT2D eigenvalue weighted by molar-refractivity contribution is 5.76. The summed E-state index contributed by atoms with van der Waals surface area (Å²) in [4.78, 5) is 0. The zero-order valence-corrected chi connectivity index (χ0v) is 10.8. The van der Waals surface area contributed by atoms with Crippen LogP contribution >= 0.6 is 0 Å². The number of hydrogen-bond acceptors (Lipinski definition) is 2. The fourth-order valence-electron chi connectivity index (χ4n) is 2.26. The van der Waals surface area contributed by atoms with Gasteiger partial charge in [-0.15, -0.1) is 0 Å². The highest BCUT2D eigenvalue weighted by Gasteiger charge is 2.06. The molecule has 2 heteroatoms. The second-order valence-electron chi connectivity index (χ2n) is 4.65. The Hall–Kier alpha value is -2.74. The van der Waals surface area contributed by atoms with Gasteiger partial charge in [-0.25, -0.2) is 0 Å². The van der Waals surface area contributed by atoms with Gasteiger partial charge in [0.1, 0.15) is 11.5 Å². The van der Waals surface area contributed by atoms with Gasteiger partial charge in [0.2, 0.25) is 0 Å². The van der Waals surface area contributed by atoms with Gasteiger partial charge in [0.15, 0.2) is 0 Å². The summed E-state index contributed by atoms with van der Waals surface area (Å²) in [6.07, 6.45) is 0. The Labute approximate surface area is 117 Å². The van der Waals surface area contributed by atoms with Gasteiger partial charge in [-0.3, -0.25) is 0 Å². The van der Waals surface area contributed by atoms with Crippen LogP contribution in [-0.4, -0.2) is 10.2 Å². The second kappa shape index (κ2) is 5.10. The van der Waals surface area contributed by atoms with E-state index in [1.807, 2.05) is 48.5 Å². The highest BCUT2D eigenvalue weighted by atomic mass is 16.3. The predicted molar refractivity (Wildman–Crippen MR) is 80.6 cm³/mol. The molecular formula is C18H14O2. The Morgan fingerprint density at radius 2 is 1.25 bits per heavy atom. The SMILES string of the molecule is Oc1cccc(-c2ccc(-c3ccccc3)c(O)c2)c1. The van der Waals surface area contributed by atoms with E-state index in [2.05, 4.69) is 0 Å². The largest absolute Gasteiger partial charge is 0.508 e. The fraction of sp³-hybridized carbons (Fsp3) is 0. The molecule has 0 fully saturated rings. The molecule has 2 nitrogen and oxygen atoms in total. The molecule has 0 aliphatic carbocycles. The van der Waals surface area contributed by atoms with E-state index in [0.29, 0.717) is 0 Å². The van der Waals surface area contributed by atoms with Crippen molar-refractivity contribution in [1.82, 2.24) is 0 Å². The number of phenolic OH excluding ortho intramolecular Hbond substituents is 2. The number of hydrogen-bond donors (Lipinski definition) is 2. The first kappa shape index (κ1) is 12.3. The highest BCUT2D eigenvalue weighted by Crippen LogP contribution is 2.33. The number of rotatable bonds is 2. The molecular weight excluding hydrogens is 248 g/mol. The summed E-state index contributed by atoms with van der Waals surface area (Å²) in [5.41, 5.74) is 3.53. The summed E-state index contributed by atoms with van der Waals surface area (Å²) in [5.74, 6) is 0.450. The molecule has 0 aromatic heterocycles. The van der Waals surface area contributed by atoms with Crippen LogP contribution in [0.1, 0.15) is 0 Å². The quantitative estimate of drug-likeness (QED) is 0.717. The van der Waals surface area contributed by atoms with Gasteiger partial charge in [0.25, 0.3) is 0 Å². The Morgan fingerprint density at radius 3 is 1.95 bits per heavy atom. The topological polar surface area (TPSA) is 40.5 Å². The van der Waals surface area contributed by atoms with Crippen LogP contribution in [0.5, 0.6) is 11.5 Å². The second-order valence-corrected chi connectivity index (χ2v) is 4.65. The van der Waals surface area contributed by atoms with Crippen molar-refractivity contribution in [3.63, 3.8) is 0 Å². The molecule has 0 unspecified atom stereocenters. The van der Waals surface area contributed by atoms with E-state index in [-0.39, 0.29) is 11.5 Å². The number of benzene rings is 3. The van der Waals surface area contributed by atoms with Crippen LogP contribution in [-0.2, 0) is 0 Å². The van der Waals surface area contributed by atoms with Crippen molar-refractivity contribution in [2.75, 3.05) is 0 Å². The zero-order chi connectivity index (χ0) is 13.9. The minimum absolute atomic E-state index is 0.217. The van der Waals surface area contributed by atoms with Gasteiger partial charge < -0.3 is 10.2 Å². The summed E-state index contributed by atoms with van der Waals surface area (Å²) >= 11 is 0. The van der Waals surface area contributed by atoms with Crippen LogP contribution in [0.3, 0.4) is 0 Å². The standard InChI is InChI=1S/C18H14O2/c19-16-8-4-7-14(11-16)15-9-10-17(18(20)12-15)13-5-2-1-3-6-13/h1-12,19-20H. The van der Waals surface area contributed by atoms with Gasteiger partial charge in [0.05, 0.1) is 0 Å². The molecule has 20 heavy (non-hydrogen) atoms. The lowest BCUT2D eigenvalue weighted by molar-refractivity contribution is 0.475. The monoisotopic (exact) mass is 262 g/mol. The van der Waals surface area contributed by atoms with Crippen molar-refractivity contribution in [2.24, 2.45) is 0 Å². The minimum atomic E-state index is 0.217. The third-order valence-electron chi connectivity index (χ3n) is 3.26. The minimum Gasteiger partial charge on any atom is -0.508 e. The lowest BCUT2D eigenvalue weighted by Gasteiger charge is -2.08. The molecule has 0 amide bonds. The van der Waals surface area contributed by atoms with Crippen molar-refractivity contribution in [3.05, 3.63) is 72.8 Å². The van der Waals surface area contributed by atoms with Gasteiger partial charge in [-0.05, 0) is 34.9 Å². The van der Waals surface area contributed by atoms with E-state index < -0.39 is 0 Å². The average molecular weight is 262 g/mol. The van der Waals surface area contributed by atoms with Gasteiger partial charge in [-0.1, -0.05) is 54.6 Å². The summed E-state index contributed by atoms with van der Waals surface area (Å²) in [6.45, 7) is 0. The maximum atomic E-state index is 10.2. The smallest absolute Gasteiger partial charge is 0.124 e. The summed E-state index contributed by atoms with van der Waals surface area (Å²) in [5, 5.41) is 19.7. The Bertz CT molecular complexity index is 733. The van der Waals surface area contributed by atoms with Crippen LogP contribution < -0.4 is 0 Å². The van der Waals surface area contributed by atoms with Crippen LogP contribution in [0.25, 0.3) is 22.3 Å². The van der Waals surface area contributed by atoms with Crippen LogP contribution in [0.2, 0.25) is 0 Å². The molecule has 3 aromatic rings. The number of phenols is 2. The van der Waals surface area contributed by atoms with E-state index in [1.165, 1.54) is 0 Å². The van der Waals surface area contributed by atoms with Crippen molar-refractivity contribution >= 4 is 0 Å². The molecule has 98 valence electrons. The van der Waals surface area contributed by atoms with Gasteiger partial charge in [-0.2, -0.15) is 0 Å². The van der Waals surface area contributed by atoms with Crippen LogP contribution in [0, 0.1) is 0 Å². The van der Waals surface area contributed by atoms with Gasteiger partial charge in [0, 0.05) is 5.56 Å². The molecule has 3 aromatic carbocycles. The van der Waals surface area contributed by atoms with Crippen molar-refractivity contribution in [2.45, 2.75) is 0 Å². The maximum absolute atomic E-state index is 10.2. The lowest BCUT2D eigenvalue weighted by atomic mass is 9.99. The average Bonchev–Trinajstić information content (AvgIpc) is 2.48. The first-order valence-electron chi connectivity index (χ1n) is 6.42. The molecule has 0 heterocycles. The van der Waals surface area contributed by atoms with E-state index in [0.717, 1.165) is 22.3 Å². The third kappa shape index (κ3) is 2.36. The maximum Gasteiger partial charge on any atom is 0.124 e. The Balaban J connectivity index is 2.04. The fourth-order valence-corrected chi connectivity index (χ4v) is 2.26. The van der Waals surface area contributed by atoms with E-state index in [9.17, 15) is 10.2 Å². The van der Waals surface area contributed by atoms with E-state index >= 15 is 0 Å². The first-order valence-corrected chi connectivity index (χ1v) is 6.42. The first-order chi connectivity index (χ1) is 9.74. The molecule has 2 N–H and O–H groups in total. The molecule has 0 saturated carbocycles. The molecule has 0 bridgehead atoms. The molecule has 0 radical (unpaired) electrons. The van der Waals surface area contributed by atoms with Crippen LogP contribution in [0.4, 0.5) is 0 Å². The summed E-state index contributed by atoms with van der Waals surface area (Å²) in [6, 6.07) is 22.3.